The second-order valence-corrected chi connectivity index (χ2v) is 4.67. The summed E-state index contributed by atoms with van der Waals surface area (Å²) in [4.78, 5) is 13.8. The van der Waals surface area contributed by atoms with Gasteiger partial charge in [-0.2, -0.15) is 0 Å². The van der Waals surface area contributed by atoms with Crippen molar-refractivity contribution in [2.24, 2.45) is 0 Å². The van der Waals surface area contributed by atoms with E-state index in [0.717, 1.165) is 16.9 Å². The summed E-state index contributed by atoms with van der Waals surface area (Å²) in [5.41, 5.74) is 2.93. The first kappa shape index (κ1) is 13.9. The fourth-order valence-corrected chi connectivity index (χ4v) is 1.76. The van der Waals surface area contributed by atoms with Gasteiger partial charge in [-0.1, -0.05) is 30.3 Å². The van der Waals surface area contributed by atoms with E-state index >= 15 is 0 Å². The van der Waals surface area contributed by atoms with Crippen molar-refractivity contribution >= 4 is 23.4 Å². The van der Waals surface area contributed by atoms with Crippen molar-refractivity contribution in [3.8, 4) is 0 Å². The predicted molar refractivity (Wildman–Crippen MR) is 84.9 cm³/mol. The molecule has 0 atom stereocenters. The van der Waals surface area contributed by atoms with Gasteiger partial charge in [0.1, 0.15) is 0 Å². The summed E-state index contributed by atoms with van der Waals surface area (Å²) < 4.78 is 0. The van der Waals surface area contributed by atoms with Gasteiger partial charge in [-0.25, -0.2) is 0 Å². The first-order valence-electron chi connectivity index (χ1n) is 6.46. The highest BCUT2D eigenvalue weighted by Crippen LogP contribution is 2.13. The quantitative estimate of drug-likeness (QED) is 0.860. The Morgan fingerprint density at radius 2 is 1.65 bits per heavy atom. The molecular formula is C17H18N2O. The minimum Gasteiger partial charge on any atom is -0.378 e. The van der Waals surface area contributed by atoms with Crippen molar-refractivity contribution in [3.05, 3.63) is 66.2 Å². The first-order chi connectivity index (χ1) is 9.65. The van der Waals surface area contributed by atoms with E-state index in [1.54, 1.807) is 6.08 Å². The number of nitrogens with zero attached hydrogens (tertiary/aromatic N) is 1. The third-order valence-electron chi connectivity index (χ3n) is 2.88. The van der Waals surface area contributed by atoms with Crippen LogP contribution in [0, 0.1) is 0 Å². The van der Waals surface area contributed by atoms with Crippen LogP contribution in [0.4, 0.5) is 11.4 Å². The largest absolute Gasteiger partial charge is 0.378 e. The third-order valence-corrected chi connectivity index (χ3v) is 2.88. The van der Waals surface area contributed by atoms with Gasteiger partial charge in [-0.15, -0.1) is 0 Å². The number of carbonyl (C=O) groups excluding carboxylic acids is 1. The van der Waals surface area contributed by atoms with Crippen LogP contribution in [0.1, 0.15) is 5.56 Å². The lowest BCUT2D eigenvalue weighted by Crippen LogP contribution is -2.08. The Kier molecular flexibility index (Phi) is 4.56. The Morgan fingerprint density at radius 3 is 2.25 bits per heavy atom. The molecule has 3 nitrogen and oxygen atoms in total. The molecule has 0 bridgehead atoms. The zero-order valence-electron chi connectivity index (χ0n) is 11.7. The van der Waals surface area contributed by atoms with E-state index in [4.69, 9.17) is 0 Å². The molecule has 0 aliphatic carbocycles. The SMILES string of the molecule is CN(C)c1ccc(/C=C/C(=O)Nc2ccccc2)cc1. The van der Waals surface area contributed by atoms with Crippen molar-refractivity contribution in [2.45, 2.75) is 0 Å². The molecule has 20 heavy (non-hydrogen) atoms. The number of anilines is 2. The van der Waals surface area contributed by atoms with Gasteiger partial charge >= 0.3 is 0 Å². The van der Waals surface area contributed by atoms with E-state index in [-0.39, 0.29) is 5.91 Å². The summed E-state index contributed by atoms with van der Waals surface area (Å²) >= 11 is 0. The van der Waals surface area contributed by atoms with Crippen LogP contribution in [-0.2, 0) is 4.79 Å². The lowest BCUT2D eigenvalue weighted by atomic mass is 10.2. The molecule has 0 aliphatic heterocycles. The molecule has 2 aromatic rings. The van der Waals surface area contributed by atoms with Crippen LogP contribution >= 0.6 is 0 Å². The predicted octanol–water partition coefficient (Wildman–Crippen LogP) is 3.40. The normalized spacial score (nSPS) is 10.5. The first-order valence-corrected chi connectivity index (χ1v) is 6.46. The van der Waals surface area contributed by atoms with Crippen LogP contribution in [-0.4, -0.2) is 20.0 Å². The maximum absolute atomic E-state index is 11.8. The minimum atomic E-state index is -0.132. The summed E-state index contributed by atoms with van der Waals surface area (Å²) in [7, 11) is 4.00. The van der Waals surface area contributed by atoms with E-state index in [1.165, 1.54) is 6.08 Å². The Morgan fingerprint density at radius 1 is 1.00 bits per heavy atom. The maximum atomic E-state index is 11.8. The topological polar surface area (TPSA) is 32.3 Å². The van der Waals surface area contributed by atoms with E-state index in [1.807, 2.05) is 73.6 Å². The molecule has 0 aliphatic rings. The molecule has 0 radical (unpaired) electrons. The van der Waals surface area contributed by atoms with Crippen LogP contribution in [0.5, 0.6) is 0 Å². The number of rotatable bonds is 4. The highest BCUT2D eigenvalue weighted by molar-refractivity contribution is 6.01. The van der Waals surface area contributed by atoms with Crippen molar-refractivity contribution in [1.29, 1.82) is 0 Å². The smallest absolute Gasteiger partial charge is 0.248 e. The number of para-hydroxylation sites is 1. The molecule has 2 aromatic carbocycles. The lowest BCUT2D eigenvalue weighted by molar-refractivity contribution is -0.111. The maximum Gasteiger partial charge on any atom is 0.248 e. The summed E-state index contributed by atoms with van der Waals surface area (Å²) in [5.74, 6) is -0.132. The lowest BCUT2D eigenvalue weighted by Gasteiger charge is -2.11. The molecular weight excluding hydrogens is 248 g/mol. The number of amides is 1. The average Bonchev–Trinajstić information content (AvgIpc) is 2.46. The van der Waals surface area contributed by atoms with Gasteiger partial charge in [0.05, 0.1) is 0 Å². The van der Waals surface area contributed by atoms with Crippen LogP contribution in [0.3, 0.4) is 0 Å². The van der Waals surface area contributed by atoms with Gasteiger partial charge in [-0.3, -0.25) is 4.79 Å². The highest BCUT2D eigenvalue weighted by Gasteiger charge is 1.97. The van der Waals surface area contributed by atoms with Gasteiger partial charge in [0.15, 0.2) is 0 Å². The molecule has 0 aromatic heterocycles. The Bertz CT molecular complexity index is 586. The van der Waals surface area contributed by atoms with E-state index < -0.39 is 0 Å². The Balaban J connectivity index is 1.97. The van der Waals surface area contributed by atoms with Gasteiger partial charge in [0, 0.05) is 31.5 Å². The van der Waals surface area contributed by atoms with Gasteiger partial charge in [-0.05, 0) is 35.9 Å². The zero-order chi connectivity index (χ0) is 14.4. The fourth-order valence-electron chi connectivity index (χ4n) is 1.76. The molecule has 102 valence electrons. The summed E-state index contributed by atoms with van der Waals surface area (Å²) in [5, 5.41) is 2.81. The molecule has 3 heteroatoms. The van der Waals surface area contributed by atoms with E-state index in [0.29, 0.717) is 0 Å². The summed E-state index contributed by atoms with van der Waals surface area (Å²) in [6.45, 7) is 0. The van der Waals surface area contributed by atoms with E-state index in [9.17, 15) is 4.79 Å². The molecule has 0 unspecified atom stereocenters. The van der Waals surface area contributed by atoms with Gasteiger partial charge in [0.2, 0.25) is 5.91 Å². The van der Waals surface area contributed by atoms with Crippen LogP contribution in [0.25, 0.3) is 6.08 Å². The van der Waals surface area contributed by atoms with Gasteiger partial charge < -0.3 is 10.2 Å². The monoisotopic (exact) mass is 266 g/mol. The highest BCUT2D eigenvalue weighted by atomic mass is 16.1. The van der Waals surface area contributed by atoms with Gasteiger partial charge in [0.25, 0.3) is 0 Å². The molecule has 0 fully saturated rings. The van der Waals surface area contributed by atoms with Crippen molar-refractivity contribution in [2.75, 3.05) is 24.3 Å². The Labute approximate surface area is 119 Å². The second kappa shape index (κ2) is 6.57. The number of carbonyl (C=O) groups is 1. The van der Waals surface area contributed by atoms with Crippen molar-refractivity contribution in [3.63, 3.8) is 0 Å². The second-order valence-electron chi connectivity index (χ2n) is 4.67. The molecule has 0 saturated heterocycles. The van der Waals surface area contributed by atoms with E-state index in [2.05, 4.69) is 5.32 Å². The summed E-state index contributed by atoms with van der Waals surface area (Å²) in [6.07, 6.45) is 3.34. The minimum absolute atomic E-state index is 0.132. The van der Waals surface area contributed by atoms with Crippen molar-refractivity contribution in [1.82, 2.24) is 0 Å². The fraction of sp³-hybridized carbons (Fsp3) is 0.118. The molecule has 0 saturated carbocycles. The number of benzene rings is 2. The molecule has 2 rings (SSSR count). The zero-order valence-corrected chi connectivity index (χ0v) is 11.7. The number of nitrogens with one attached hydrogen (secondary N) is 1. The van der Waals surface area contributed by atoms with Crippen LogP contribution in [0.2, 0.25) is 0 Å². The molecule has 0 spiro atoms. The Hall–Kier alpha value is -2.55. The van der Waals surface area contributed by atoms with Crippen molar-refractivity contribution < 1.29 is 4.79 Å². The molecule has 1 amide bonds. The number of hydrogen-bond acceptors (Lipinski definition) is 2. The standard InChI is InChI=1S/C17H18N2O/c1-19(2)16-11-8-14(9-12-16)10-13-17(20)18-15-6-4-3-5-7-15/h3-13H,1-2H3,(H,18,20)/b13-10+. The summed E-state index contributed by atoms with van der Waals surface area (Å²) in [6, 6.07) is 17.4. The number of hydrogen-bond donors (Lipinski definition) is 1. The van der Waals surface area contributed by atoms with Crippen LogP contribution < -0.4 is 10.2 Å². The van der Waals surface area contributed by atoms with Crippen LogP contribution in [0.15, 0.2) is 60.7 Å². The third kappa shape index (κ3) is 3.99. The molecule has 0 heterocycles. The average molecular weight is 266 g/mol. The molecule has 1 N–H and O–H groups in total.